The van der Waals surface area contributed by atoms with Crippen LogP contribution >= 0.6 is 23.4 Å². The average molecular weight is 288 g/mol. The number of methoxy groups -OCH3 is 1. The lowest BCUT2D eigenvalue weighted by molar-refractivity contribution is -0.147. The molecule has 5 heteroatoms. The summed E-state index contributed by atoms with van der Waals surface area (Å²) in [6, 6.07) is 7.69. The zero-order chi connectivity index (χ0) is 13.6. The van der Waals surface area contributed by atoms with Crippen molar-refractivity contribution in [2.24, 2.45) is 0 Å². The van der Waals surface area contributed by atoms with Crippen molar-refractivity contribution in [2.45, 2.75) is 23.8 Å². The summed E-state index contributed by atoms with van der Waals surface area (Å²) in [4.78, 5) is 12.7. The Kier molecular flexibility index (Phi) is 5.99. The summed E-state index contributed by atoms with van der Waals surface area (Å²) in [6.07, 6.45) is 0.673. The second kappa shape index (κ2) is 7.02. The number of benzene rings is 1. The highest BCUT2D eigenvalue weighted by molar-refractivity contribution is 7.99. The van der Waals surface area contributed by atoms with Gasteiger partial charge in [-0.3, -0.25) is 4.79 Å². The maximum Gasteiger partial charge on any atom is 0.325 e. The minimum Gasteiger partial charge on any atom is -0.468 e. The predicted octanol–water partition coefficient (Wildman–Crippen LogP) is 2.97. The first-order valence-corrected chi connectivity index (χ1v) is 7.04. The van der Waals surface area contributed by atoms with E-state index in [1.165, 1.54) is 7.11 Å². The van der Waals surface area contributed by atoms with Gasteiger partial charge in [0.2, 0.25) is 0 Å². The van der Waals surface area contributed by atoms with Gasteiger partial charge in [-0.25, -0.2) is 0 Å². The average Bonchev–Trinajstić information content (AvgIpc) is 2.39. The molecule has 0 aromatic heterocycles. The molecule has 0 aliphatic carbocycles. The fourth-order valence-electron chi connectivity index (χ4n) is 1.48. The highest BCUT2D eigenvalue weighted by atomic mass is 35.5. The molecule has 0 aliphatic heterocycles. The number of esters is 1. The highest BCUT2D eigenvalue weighted by Crippen LogP contribution is 2.28. The Labute approximate surface area is 117 Å². The number of hydrogen-bond acceptors (Lipinski definition) is 4. The van der Waals surface area contributed by atoms with Crippen molar-refractivity contribution < 1.29 is 9.53 Å². The molecule has 0 amide bonds. The molecule has 1 atom stereocenters. The van der Waals surface area contributed by atoms with Crippen LogP contribution in [0.2, 0.25) is 5.02 Å². The van der Waals surface area contributed by atoms with Gasteiger partial charge in [0.05, 0.1) is 12.1 Å². The van der Waals surface area contributed by atoms with E-state index in [-0.39, 0.29) is 5.97 Å². The van der Waals surface area contributed by atoms with Crippen molar-refractivity contribution >= 4 is 29.3 Å². The second-order valence-electron chi connectivity index (χ2n) is 4.10. The zero-order valence-corrected chi connectivity index (χ0v) is 12.4. The SMILES string of the molecule is CNC(C)(CCSc1ccccc1Cl)C(=O)OC. The lowest BCUT2D eigenvalue weighted by Gasteiger charge is -2.25. The topological polar surface area (TPSA) is 38.3 Å². The number of thioether (sulfide) groups is 1. The Morgan fingerprint density at radius 3 is 2.72 bits per heavy atom. The monoisotopic (exact) mass is 287 g/mol. The molecule has 0 saturated carbocycles. The van der Waals surface area contributed by atoms with Gasteiger partial charge >= 0.3 is 5.97 Å². The zero-order valence-electron chi connectivity index (χ0n) is 10.8. The van der Waals surface area contributed by atoms with Crippen LogP contribution in [0, 0.1) is 0 Å². The maximum atomic E-state index is 11.7. The minimum atomic E-state index is -0.650. The molecule has 18 heavy (non-hydrogen) atoms. The van der Waals surface area contributed by atoms with E-state index in [4.69, 9.17) is 16.3 Å². The fraction of sp³-hybridized carbons (Fsp3) is 0.462. The first-order chi connectivity index (χ1) is 8.53. The number of carbonyl (C=O) groups is 1. The summed E-state index contributed by atoms with van der Waals surface area (Å²) in [5.41, 5.74) is -0.650. The Balaban J connectivity index is 2.55. The van der Waals surface area contributed by atoms with Gasteiger partial charge in [-0.1, -0.05) is 23.7 Å². The van der Waals surface area contributed by atoms with Crippen molar-refractivity contribution in [3.8, 4) is 0 Å². The molecular weight excluding hydrogens is 270 g/mol. The van der Waals surface area contributed by atoms with Gasteiger partial charge in [-0.2, -0.15) is 0 Å². The van der Waals surface area contributed by atoms with Gasteiger partial charge in [0, 0.05) is 10.6 Å². The number of hydrogen-bond donors (Lipinski definition) is 1. The third-order valence-corrected chi connectivity index (χ3v) is 4.40. The predicted molar refractivity (Wildman–Crippen MR) is 76.3 cm³/mol. The van der Waals surface area contributed by atoms with Crippen LogP contribution in [0.3, 0.4) is 0 Å². The van der Waals surface area contributed by atoms with E-state index < -0.39 is 5.54 Å². The van der Waals surface area contributed by atoms with E-state index in [1.807, 2.05) is 31.2 Å². The van der Waals surface area contributed by atoms with E-state index in [0.29, 0.717) is 6.42 Å². The molecule has 1 rings (SSSR count). The number of halogens is 1. The number of carbonyl (C=O) groups excluding carboxylic acids is 1. The normalized spacial score (nSPS) is 14.0. The molecular formula is C13H18ClNO2S. The molecule has 1 N–H and O–H groups in total. The molecule has 0 radical (unpaired) electrons. The van der Waals surface area contributed by atoms with Crippen LogP contribution in [0.5, 0.6) is 0 Å². The molecule has 0 spiro atoms. The second-order valence-corrected chi connectivity index (χ2v) is 5.65. The Morgan fingerprint density at radius 2 is 2.17 bits per heavy atom. The van der Waals surface area contributed by atoms with E-state index in [1.54, 1.807) is 18.8 Å². The van der Waals surface area contributed by atoms with Crippen LogP contribution < -0.4 is 5.32 Å². The summed E-state index contributed by atoms with van der Waals surface area (Å²) in [5, 5.41) is 3.75. The van der Waals surface area contributed by atoms with E-state index >= 15 is 0 Å². The summed E-state index contributed by atoms with van der Waals surface area (Å²) in [7, 11) is 3.16. The van der Waals surface area contributed by atoms with Crippen molar-refractivity contribution in [1.29, 1.82) is 0 Å². The third kappa shape index (κ3) is 3.90. The maximum absolute atomic E-state index is 11.7. The van der Waals surface area contributed by atoms with Gasteiger partial charge in [0.15, 0.2) is 0 Å². The first kappa shape index (κ1) is 15.3. The summed E-state index contributed by atoms with van der Waals surface area (Å²) < 4.78 is 4.80. The quantitative estimate of drug-likeness (QED) is 0.645. The third-order valence-electron chi connectivity index (χ3n) is 2.88. The van der Waals surface area contributed by atoms with Crippen molar-refractivity contribution in [1.82, 2.24) is 5.32 Å². The molecule has 0 fully saturated rings. The van der Waals surface area contributed by atoms with Crippen molar-refractivity contribution in [3.63, 3.8) is 0 Å². The summed E-state index contributed by atoms with van der Waals surface area (Å²) >= 11 is 7.71. The minimum absolute atomic E-state index is 0.246. The number of rotatable bonds is 6. The molecule has 0 bridgehead atoms. The van der Waals surface area contributed by atoms with Crippen LogP contribution in [-0.2, 0) is 9.53 Å². The van der Waals surface area contributed by atoms with Gasteiger partial charge < -0.3 is 10.1 Å². The molecule has 0 aliphatic rings. The smallest absolute Gasteiger partial charge is 0.325 e. The Hall–Kier alpha value is -0.710. The van der Waals surface area contributed by atoms with Crippen LogP contribution in [0.25, 0.3) is 0 Å². The lowest BCUT2D eigenvalue weighted by atomic mass is 10.00. The van der Waals surface area contributed by atoms with Gasteiger partial charge in [0.25, 0.3) is 0 Å². The Morgan fingerprint density at radius 1 is 1.50 bits per heavy atom. The molecule has 0 saturated heterocycles. The molecule has 1 aromatic rings. The van der Waals surface area contributed by atoms with Crippen molar-refractivity contribution in [2.75, 3.05) is 19.9 Å². The van der Waals surface area contributed by atoms with E-state index in [0.717, 1.165) is 15.7 Å². The lowest BCUT2D eigenvalue weighted by Crippen LogP contribution is -2.48. The molecule has 1 aromatic carbocycles. The van der Waals surface area contributed by atoms with Crippen LogP contribution in [-0.4, -0.2) is 31.4 Å². The number of nitrogens with one attached hydrogen (secondary N) is 1. The van der Waals surface area contributed by atoms with E-state index in [2.05, 4.69) is 5.32 Å². The number of likely N-dealkylation sites (N-methyl/N-ethyl adjacent to an activating group) is 1. The number of ether oxygens (including phenoxy) is 1. The van der Waals surface area contributed by atoms with Gasteiger partial charge in [-0.05, 0) is 32.5 Å². The van der Waals surface area contributed by atoms with Crippen molar-refractivity contribution in [3.05, 3.63) is 29.3 Å². The molecule has 100 valence electrons. The van der Waals surface area contributed by atoms with E-state index in [9.17, 15) is 4.79 Å². The van der Waals surface area contributed by atoms with Crippen LogP contribution in [0.1, 0.15) is 13.3 Å². The summed E-state index contributed by atoms with van der Waals surface area (Å²) in [6.45, 7) is 1.84. The first-order valence-electron chi connectivity index (χ1n) is 5.68. The molecule has 1 unspecified atom stereocenters. The summed E-state index contributed by atoms with van der Waals surface area (Å²) in [5.74, 6) is 0.542. The van der Waals surface area contributed by atoms with Crippen LogP contribution in [0.4, 0.5) is 0 Å². The highest BCUT2D eigenvalue weighted by Gasteiger charge is 2.31. The fourth-order valence-corrected chi connectivity index (χ4v) is 2.89. The van der Waals surface area contributed by atoms with Crippen LogP contribution in [0.15, 0.2) is 29.2 Å². The standard InChI is InChI=1S/C13H18ClNO2S/c1-13(15-2,12(16)17-3)8-9-18-11-7-5-4-6-10(11)14/h4-7,15H,8-9H2,1-3H3. The largest absolute Gasteiger partial charge is 0.468 e. The van der Waals surface area contributed by atoms with Gasteiger partial charge in [0.1, 0.15) is 5.54 Å². The molecule has 3 nitrogen and oxygen atoms in total. The molecule has 0 heterocycles. The van der Waals surface area contributed by atoms with Gasteiger partial charge in [-0.15, -0.1) is 11.8 Å². The Bertz CT molecular complexity index is 414.